The molecule has 0 aliphatic heterocycles. The highest BCUT2D eigenvalue weighted by molar-refractivity contribution is 6.01. The van der Waals surface area contributed by atoms with Crippen molar-refractivity contribution in [2.45, 2.75) is 0 Å². The molecule has 0 atom stereocenters. The largest absolute Gasteiger partial charge is 0.497 e. The van der Waals surface area contributed by atoms with Crippen LogP contribution in [-0.4, -0.2) is 32.6 Å². The Bertz CT molecular complexity index is 1040. The number of fused-ring (bicyclic) bond motifs is 1. The molecule has 0 saturated carbocycles. The molecule has 0 heterocycles. The summed E-state index contributed by atoms with van der Waals surface area (Å²) in [7, 11) is 3.11. The molecule has 0 saturated heterocycles. The first-order valence-electron chi connectivity index (χ1n) is 8.69. The topological polar surface area (TPSA) is 61.8 Å². The number of carbonyl (C=O) groups excluding carboxylic acids is 2. The fraction of sp³-hybridized carbons (Fsp3) is 0.130. The molecule has 3 rings (SSSR count). The molecule has 0 aliphatic carbocycles. The Hall–Kier alpha value is -3.60. The summed E-state index contributed by atoms with van der Waals surface area (Å²) in [4.78, 5) is 24.2. The number of ether oxygens (including phenoxy) is 3. The van der Waals surface area contributed by atoms with Crippen molar-refractivity contribution in [1.82, 2.24) is 0 Å². The van der Waals surface area contributed by atoms with Crippen LogP contribution in [0.4, 0.5) is 0 Å². The smallest absolute Gasteiger partial charge is 0.331 e. The lowest BCUT2D eigenvalue weighted by atomic mass is 10.1. The zero-order valence-electron chi connectivity index (χ0n) is 15.7. The van der Waals surface area contributed by atoms with Gasteiger partial charge in [0.05, 0.1) is 19.8 Å². The van der Waals surface area contributed by atoms with Crippen LogP contribution in [-0.2, 0) is 9.53 Å². The van der Waals surface area contributed by atoms with Gasteiger partial charge < -0.3 is 14.2 Å². The van der Waals surface area contributed by atoms with E-state index in [-0.39, 0.29) is 12.4 Å². The third kappa shape index (κ3) is 4.57. The number of hydrogen-bond acceptors (Lipinski definition) is 5. The number of hydrogen-bond donors (Lipinski definition) is 0. The van der Waals surface area contributed by atoms with Gasteiger partial charge in [0.15, 0.2) is 6.61 Å². The molecule has 0 unspecified atom stereocenters. The van der Waals surface area contributed by atoms with Crippen LogP contribution in [0, 0.1) is 0 Å². The normalized spacial score (nSPS) is 10.8. The molecule has 0 aliphatic rings. The molecule has 3 aromatic rings. The van der Waals surface area contributed by atoms with Gasteiger partial charge in [-0.2, -0.15) is 0 Å². The highest BCUT2D eigenvalue weighted by Crippen LogP contribution is 2.22. The van der Waals surface area contributed by atoms with Crippen LogP contribution in [0.15, 0.2) is 66.7 Å². The molecular weight excluding hydrogens is 356 g/mol. The van der Waals surface area contributed by atoms with E-state index < -0.39 is 5.97 Å². The standard InChI is InChI=1S/C23H20O5/c1-26-19-11-10-17-13-16(7-9-18(17)14-19)8-12-23(25)28-15-21(24)20-5-3-4-6-22(20)27-2/h3-14H,15H2,1-2H3/b12-8+. The number of Topliss-reactive ketones (excluding diaryl/α,β-unsaturated/α-hetero) is 1. The Morgan fingerprint density at radius 3 is 2.43 bits per heavy atom. The molecule has 0 spiro atoms. The molecular formula is C23H20O5. The number of para-hydroxylation sites is 1. The monoisotopic (exact) mass is 376 g/mol. The lowest BCUT2D eigenvalue weighted by Gasteiger charge is -2.07. The maximum absolute atomic E-state index is 12.2. The van der Waals surface area contributed by atoms with Gasteiger partial charge in [-0.3, -0.25) is 4.79 Å². The predicted octanol–water partition coefficient (Wildman–Crippen LogP) is 4.30. The summed E-state index contributed by atoms with van der Waals surface area (Å²) in [5, 5.41) is 2.07. The number of esters is 1. The van der Waals surface area contributed by atoms with Gasteiger partial charge in [-0.15, -0.1) is 0 Å². The van der Waals surface area contributed by atoms with Crippen molar-refractivity contribution in [3.05, 3.63) is 77.9 Å². The second kappa shape index (κ2) is 8.86. The van der Waals surface area contributed by atoms with Crippen LogP contribution in [0.3, 0.4) is 0 Å². The Morgan fingerprint density at radius 1 is 0.893 bits per heavy atom. The van der Waals surface area contributed by atoms with Crippen molar-refractivity contribution in [3.8, 4) is 11.5 Å². The summed E-state index contributed by atoms with van der Waals surface area (Å²) < 4.78 is 15.4. The molecule has 0 fully saturated rings. The molecule has 0 radical (unpaired) electrons. The van der Waals surface area contributed by atoms with Gasteiger partial charge in [0.2, 0.25) is 5.78 Å². The summed E-state index contributed by atoms with van der Waals surface area (Å²) in [6, 6.07) is 18.4. The molecule has 0 amide bonds. The maximum atomic E-state index is 12.2. The van der Waals surface area contributed by atoms with Gasteiger partial charge in [-0.1, -0.05) is 30.3 Å². The van der Waals surface area contributed by atoms with E-state index in [0.29, 0.717) is 11.3 Å². The average Bonchev–Trinajstić information content (AvgIpc) is 2.75. The summed E-state index contributed by atoms with van der Waals surface area (Å²) in [6.45, 7) is -0.346. The van der Waals surface area contributed by atoms with Crippen molar-refractivity contribution >= 4 is 28.6 Å². The highest BCUT2D eigenvalue weighted by Gasteiger charge is 2.13. The molecule has 142 valence electrons. The minimum Gasteiger partial charge on any atom is -0.497 e. The zero-order chi connectivity index (χ0) is 19.9. The van der Waals surface area contributed by atoms with Crippen molar-refractivity contribution in [3.63, 3.8) is 0 Å². The van der Waals surface area contributed by atoms with Crippen LogP contribution in [0.1, 0.15) is 15.9 Å². The van der Waals surface area contributed by atoms with Gasteiger partial charge in [0, 0.05) is 6.08 Å². The SMILES string of the molecule is COc1ccc2cc(/C=C/C(=O)OCC(=O)c3ccccc3OC)ccc2c1. The average molecular weight is 376 g/mol. The summed E-state index contributed by atoms with van der Waals surface area (Å²) >= 11 is 0. The van der Waals surface area contributed by atoms with E-state index in [1.54, 1.807) is 37.5 Å². The van der Waals surface area contributed by atoms with E-state index in [4.69, 9.17) is 14.2 Å². The Morgan fingerprint density at radius 2 is 1.64 bits per heavy atom. The summed E-state index contributed by atoms with van der Waals surface area (Å²) in [5.74, 6) is 0.336. The molecule has 5 heteroatoms. The fourth-order valence-electron chi connectivity index (χ4n) is 2.77. The zero-order valence-corrected chi connectivity index (χ0v) is 15.7. The number of carbonyl (C=O) groups is 2. The van der Waals surface area contributed by atoms with Gasteiger partial charge >= 0.3 is 5.97 Å². The lowest BCUT2D eigenvalue weighted by Crippen LogP contribution is -2.13. The third-order valence-electron chi connectivity index (χ3n) is 4.24. The van der Waals surface area contributed by atoms with Gasteiger partial charge in [-0.25, -0.2) is 4.79 Å². The first kappa shape index (κ1) is 19.2. The van der Waals surface area contributed by atoms with Crippen molar-refractivity contribution in [1.29, 1.82) is 0 Å². The first-order valence-corrected chi connectivity index (χ1v) is 8.69. The number of ketones is 1. The van der Waals surface area contributed by atoms with Gasteiger partial charge in [-0.05, 0) is 52.7 Å². The van der Waals surface area contributed by atoms with Crippen LogP contribution < -0.4 is 9.47 Å². The molecule has 28 heavy (non-hydrogen) atoms. The summed E-state index contributed by atoms with van der Waals surface area (Å²) in [6.07, 6.45) is 2.96. The van der Waals surface area contributed by atoms with Gasteiger partial charge in [0.25, 0.3) is 0 Å². The molecule has 0 bridgehead atoms. The number of rotatable bonds is 7. The molecule has 0 N–H and O–H groups in total. The van der Waals surface area contributed by atoms with Crippen LogP contribution in [0.2, 0.25) is 0 Å². The lowest BCUT2D eigenvalue weighted by molar-refractivity contribution is -0.136. The van der Waals surface area contributed by atoms with E-state index in [1.165, 1.54) is 13.2 Å². The minimum atomic E-state index is -0.585. The highest BCUT2D eigenvalue weighted by atomic mass is 16.5. The molecule has 5 nitrogen and oxygen atoms in total. The first-order chi connectivity index (χ1) is 13.6. The second-order valence-electron chi connectivity index (χ2n) is 6.04. The Balaban J connectivity index is 1.62. The molecule has 3 aromatic carbocycles. The van der Waals surface area contributed by atoms with Crippen molar-refractivity contribution in [2.75, 3.05) is 20.8 Å². The van der Waals surface area contributed by atoms with E-state index in [9.17, 15) is 9.59 Å². The number of methoxy groups -OCH3 is 2. The maximum Gasteiger partial charge on any atom is 0.331 e. The van der Waals surface area contributed by atoms with Crippen LogP contribution >= 0.6 is 0 Å². The van der Waals surface area contributed by atoms with Crippen LogP contribution in [0.5, 0.6) is 11.5 Å². The predicted molar refractivity (Wildman–Crippen MR) is 108 cm³/mol. The van der Waals surface area contributed by atoms with Crippen molar-refractivity contribution in [2.24, 2.45) is 0 Å². The quantitative estimate of drug-likeness (QED) is 0.350. The van der Waals surface area contributed by atoms with Gasteiger partial charge in [0.1, 0.15) is 11.5 Å². The molecule has 0 aromatic heterocycles. The van der Waals surface area contributed by atoms with E-state index in [1.807, 2.05) is 36.4 Å². The van der Waals surface area contributed by atoms with Crippen LogP contribution in [0.25, 0.3) is 16.8 Å². The Kier molecular flexibility index (Phi) is 6.07. The van der Waals surface area contributed by atoms with Crippen molar-refractivity contribution < 1.29 is 23.8 Å². The summed E-state index contributed by atoms with van der Waals surface area (Å²) in [5.41, 5.74) is 1.23. The minimum absolute atomic E-state index is 0.321. The number of benzene rings is 3. The Labute approximate surface area is 163 Å². The van der Waals surface area contributed by atoms with E-state index in [0.717, 1.165) is 22.1 Å². The van der Waals surface area contributed by atoms with E-state index in [2.05, 4.69) is 0 Å². The second-order valence-corrected chi connectivity index (χ2v) is 6.04. The fourth-order valence-corrected chi connectivity index (χ4v) is 2.77. The third-order valence-corrected chi connectivity index (χ3v) is 4.24. The van der Waals surface area contributed by atoms with E-state index >= 15 is 0 Å².